The minimum atomic E-state index is -4.37. The Bertz CT molecular complexity index is 665. The third-order valence-corrected chi connectivity index (χ3v) is 7.60. The summed E-state index contributed by atoms with van der Waals surface area (Å²) in [6.07, 6.45) is 2.33. The summed E-state index contributed by atoms with van der Waals surface area (Å²) in [7, 11) is 1.73. The van der Waals surface area contributed by atoms with E-state index in [0.29, 0.717) is 23.9 Å². The molecule has 29 heavy (non-hydrogen) atoms. The average molecular weight is 450 g/mol. The Morgan fingerprint density at radius 2 is 1.93 bits per heavy atom. The quantitative estimate of drug-likeness (QED) is 0.513. The van der Waals surface area contributed by atoms with Crippen molar-refractivity contribution < 1.29 is 13.2 Å². The summed E-state index contributed by atoms with van der Waals surface area (Å²) in [4.78, 5) is 10.6. The Labute approximate surface area is 178 Å². The molecule has 1 aliphatic heterocycles. The van der Waals surface area contributed by atoms with Gasteiger partial charge in [-0.15, -0.1) is 11.3 Å². The molecule has 3 rings (SSSR count). The second-order valence-electron chi connectivity index (χ2n) is 7.61. The molecule has 10 heteroatoms. The first-order chi connectivity index (χ1) is 13.9. The first kappa shape index (κ1) is 22.7. The van der Waals surface area contributed by atoms with Crippen molar-refractivity contribution in [3.63, 3.8) is 0 Å². The smallest absolute Gasteiger partial charge is 0.356 e. The van der Waals surface area contributed by atoms with E-state index in [9.17, 15) is 13.2 Å². The molecule has 2 heterocycles. The van der Waals surface area contributed by atoms with Crippen molar-refractivity contribution in [2.45, 2.75) is 50.2 Å². The third kappa shape index (κ3) is 6.24. The SMILES string of the molecule is CN=C(NCCc1nc(C(F)(F)F)cs1)NCC1(N2CCSCC2)CCCCC1. The van der Waals surface area contributed by atoms with Crippen LogP contribution < -0.4 is 10.6 Å². The van der Waals surface area contributed by atoms with Gasteiger partial charge in [-0.1, -0.05) is 19.3 Å². The monoisotopic (exact) mass is 449 g/mol. The van der Waals surface area contributed by atoms with Crippen LogP contribution in [0.5, 0.6) is 0 Å². The van der Waals surface area contributed by atoms with Crippen molar-refractivity contribution in [1.29, 1.82) is 0 Å². The Kier molecular flexibility index (Phi) is 8.09. The predicted octanol–water partition coefficient (Wildman–Crippen LogP) is 3.62. The van der Waals surface area contributed by atoms with Gasteiger partial charge in [0.05, 0.1) is 5.01 Å². The van der Waals surface area contributed by atoms with Crippen LogP contribution in [0.2, 0.25) is 0 Å². The van der Waals surface area contributed by atoms with Crippen LogP contribution in [0.3, 0.4) is 0 Å². The number of rotatable bonds is 6. The van der Waals surface area contributed by atoms with Gasteiger partial charge in [-0.25, -0.2) is 4.98 Å². The van der Waals surface area contributed by atoms with Gasteiger partial charge in [-0.3, -0.25) is 9.89 Å². The van der Waals surface area contributed by atoms with E-state index in [1.807, 2.05) is 11.8 Å². The molecule has 0 unspecified atom stereocenters. The minimum absolute atomic E-state index is 0.188. The lowest BCUT2D eigenvalue weighted by Crippen LogP contribution is -2.59. The summed E-state index contributed by atoms with van der Waals surface area (Å²) in [5, 5.41) is 8.27. The molecule has 2 fully saturated rings. The molecule has 1 aromatic heterocycles. The second kappa shape index (κ2) is 10.3. The molecule has 2 aliphatic rings. The molecule has 0 bridgehead atoms. The minimum Gasteiger partial charge on any atom is -0.356 e. The summed E-state index contributed by atoms with van der Waals surface area (Å²) < 4.78 is 38.0. The fourth-order valence-electron chi connectivity index (χ4n) is 4.17. The molecule has 0 radical (unpaired) electrons. The molecule has 1 aliphatic carbocycles. The topological polar surface area (TPSA) is 52.6 Å². The van der Waals surface area contributed by atoms with Crippen LogP contribution in [0, 0.1) is 0 Å². The number of thiazole rings is 1. The number of aromatic nitrogens is 1. The van der Waals surface area contributed by atoms with Crippen molar-refractivity contribution in [2.24, 2.45) is 4.99 Å². The van der Waals surface area contributed by atoms with Gasteiger partial charge in [0.1, 0.15) is 0 Å². The summed E-state index contributed by atoms with van der Waals surface area (Å²) in [5.74, 6) is 3.10. The molecule has 0 atom stereocenters. The fourth-order valence-corrected chi connectivity index (χ4v) is 5.87. The van der Waals surface area contributed by atoms with E-state index in [-0.39, 0.29) is 5.54 Å². The molecule has 1 saturated heterocycles. The summed E-state index contributed by atoms with van der Waals surface area (Å²) in [5.41, 5.74) is -0.618. The molecule has 5 nitrogen and oxygen atoms in total. The molecular weight excluding hydrogens is 419 g/mol. The first-order valence-corrected chi connectivity index (χ1v) is 12.3. The molecule has 0 aromatic carbocycles. The van der Waals surface area contributed by atoms with Gasteiger partial charge < -0.3 is 10.6 Å². The van der Waals surface area contributed by atoms with Crippen LogP contribution in [-0.2, 0) is 12.6 Å². The van der Waals surface area contributed by atoms with Gasteiger partial charge in [-0.05, 0) is 12.8 Å². The van der Waals surface area contributed by atoms with Crippen LogP contribution in [-0.4, -0.2) is 66.1 Å². The number of aliphatic imine (C=N–C) groups is 1. The number of halogens is 3. The normalized spacial score (nSPS) is 21.2. The van der Waals surface area contributed by atoms with E-state index in [2.05, 4.69) is 25.5 Å². The Balaban J connectivity index is 1.50. The molecule has 2 N–H and O–H groups in total. The molecule has 0 spiro atoms. The van der Waals surface area contributed by atoms with Gasteiger partial charge in [-0.2, -0.15) is 24.9 Å². The van der Waals surface area contributed by atoms with E-state index in [1.54, 1.807) is 7.05 Å². The second-order valence-corrected chi connectivity index (χ2v) is 9.78. The zero-order valence-electron chi connectivity index (χ0n) is 16.9. The van der Waals surface area contributed by atoms with Gasteiger partial charge in [0.25, 0.3) is 0 Å². The fraction of sp³-hybridized carbons (Fsp3) is 0.789. The molecule has 0 amide bonds. The van der Waals surface area contributed by atoms with Crippen LogP contribution in [0.25, 0.3) is 0 Å². The average Bonchev–Trinajstić information content (AvgIpc) is 3.21. The van der Waals surface area contributed by atoms with Crippen LogP contribution in [0.15, 0.2) is 10.4 Å². The summed E-state index contributed by atoms with van der Waals surface area (Å²) in [6, 6.07) is 0. The van der Waals surface area contributed by atoms with Gasteiger partial charge in [0, 0.05) is 62.1 Å². The zero-order valence-corrected chi connectivity index (χ0v) is 18.5. The number of hydrogen-bond donors (Lipinski definition) is 2. The van der Waals surface area contributed by atoms with Gasteiger partial charge in [0.15, 0.2) is 11.7 Å². The van der Waals surface area contributed by atoms with Crippen LogP contribution >= 0.6 is 23.1 Å². The number of thioether (sulfide) groups is 1. The maximum Gasteiger partial charge on any atom is 0.434 e. The maximum absolute atomic E-state index is 12.7. The lowest BCUT2D eigenvalue weighted by atomic mass is 9.80. The van der Waals surface area contributed by atoms with Crippen LogP contribution in [0.1, 0.15) is 42.8 Å². The number of hydrogen-bond acceptors (Lipinski definition) is 5. The van der Waals surface area contributed by atoms with Crippen molar-refractivity contribution in [1.82, 2.24) is 20.5 Å². The number of nitrogens with zero attached hydrogens (tertiary/aromatic N) is 3. The highest BCUT2D eigenvalue weighted by Crippen LogP contribution is 2.35. The maximum atomic E-state index is 12.7. The highest BCUT2D eigenvalue weighted by Gasteiger charge is 2.38. The van der Waals surface area contributed by atoms with Gasteiger partial charge >= 0.3 is 6.18 Å². The lowest BCUT2D eigenvalue weighted by Gasteiger charge is -2.48. The van der Waals surface area contributed by atoms with Crippen molar-refractivity contribution in [3.05, 3.63) is 16.1 Å². The molecule has 164 valence electrons. The lowest BCUT2D eigenvalue weighted by molar-refractivity contribution is -0.140. The molecule has 1 saturated carbocycles. The summed E-state index contributed by atoms with van der Waals surface area (Å²) in [6.45, 7) is 3.64. The first-order valence-electron chi connectivity index (χ1n) is 10.2. The van der Waals surface area contributed by atoms with Crippen molar-refractivity contribution >= 4 is 29.1 Å². The zero-order chi connectivity index (χ0) is 20.7. The van der Waals surface area contributed by atoms with Crippen molar-refractivity contribution in [2.75, 3.05) is 44.7 Å². The Morgan fingerprint density at radius 3 is 2.55 bits per heavy atom. The van der Waals surface area contributed by atoms with E-state index < -0.39 is 11.9 Å². The van der Waals surface area contributed by atoms with E-state index in [1.165, 1.54) is 43.6 Å². The predicted molar refractivity (Wildman–Crippen MR) is 115 cm³/mol. The number of guanidine groups is 1. The Hall–Kier alpha value is -1.00. The van der Waals surface area contributed by atoms with Crippen molar-refractivity contribution in [3.8, 4) is 0 Å². The Morgan fingerprint density at radius 1 is 1.21 bits per heavy atom. The number of alkyl halides is 3. The largest absolute Gasteiger partial charge is 0.434 e. The van der Waals surface area contributed by atoms with Crippen LogP contribution in [0.4, 0.5) is 13.2 Å². The molecule has 1 aromatic rings. The van der Waals surface area contributed by atoms with E-state index >= 15 is 0 Å². The van der Waals surface area contributed by atoms with Gasteiger partial charge in [0.2, 0.25) is 0 Å². The standard InChI is InChI=1S/C19H30F3N5S2/c1-23-17(24-8-5-16-26-15(13-29-16)19(20,21)22)25-14-18(6-3-2-4-7-18)27-9-11-28-12-10-27/h13H,2-12,14H2,1H3,(H2,23,24,25). The third-order valence-electron chi connectivity index (χ3n) is 5.75. The summed E-state index contributed by atoms with van der Waals surface area (Å²) >= 11 is 3.08. The van der Waals surface area contributed by atoms with E-state index in [4.69, 9.17) is 0 Å². The van der Waals surface area contributed by atoms with E-state index in [0.717, 1.165) is 36.4 Å². The highest BCUT2D eigenvalue weighted by molar-refractivity contribution is 7.99. The highest BCUT2D eigenvalue weighted by atomic mass is 32.2. The molecular formula is C19H30F3N5S2. The number of nitrogens with one attached hydrogen (secondary N) is 2.